The van der Waals surface area contributed by atoms with Crippen LogP contribution in [0.2, 0.25) is 0 Å². The van der Waals surface area contributed by atoms with E-state index in [1.807, 2.05) is 0 Å². The lowest BCUT2D eigenvalue weighted by atomic mass is 10.0. The molecule has 4 rings (SSSR count). The predicted octanol–water partition coefficient (Wildman–Crippen LogP) is 3.77. The molecule has 0 saturated heterocycles. The second kappa shape index (κ2) is 9.88. The standard InChI is InChI=1S/C13H12N2O.C12H12N2O2S/c14-11-5-1-9(2-6-11)13(16)10-3-7-12(15)8-4-10;13-9-1-5-11(6-2-9)17(15,16)12-7-3-10(14)4-8-12/h1-8H,14-15H2;1-8H,13-14H2. The van der Waals surface area contributed by atoms with Gasteiger partial charge in [-0.25, -0.2) is 8.42 Å². The molecule has 0 saturated carbocycles. The van der Waals surface area contributed by atoms with Crippen molar-refractivity contribution in [2.24, 2.45) is 0 Å². The molecule has 4 aromatic carbocycles. The second-order valence-electron chi connectivity index (χ2n) is 7.21. The first-order valence-electron chi connectivity index (χ1n) is 9.89. The number of nitrogens with two attached hydrogens (primary N) is 4. The van der Waals surface area contributed by atoms with Crippen LogP contribution in [0.4, 0.5) is 22.7 Å². The Kier molecular flexibility index (Phi) is 7.00. The molecule has 0 aliphatic rings. The maximum Gasteiger partial charge on any atom is 0.206 e. The van der Waals surface area contributed by atoms with E-state index in [1.54, 1.807) is 72.8 Å². The zero-order valence-electron chi connectivity index (χ0n) is 17.7. The number of sulfone groups is 1. The second-order valence-corrected chi connectivity index (χ2v) is 9.16. The molecule has 0 radical (unpaired) electrons. The molecule has 0 atom stereocenters. The third-order valence-electron chi connectivity index (χ3n) is 4.73. The lowest BCUT2D eigenvalue weighted by Crippen LogP contribution is -2.02. The molecule has 0 unspecified atom stereocenters. The lowest BCUT2D eigenvalue weighted by Gasteiger charge is -2.05. The quantitative estimate of drug-likeness (QED) is 0.267. The van der Waals surface area contributed by atoms with Crippen LogP contribution < -0.4 is 22.9 Å². The monoisotopic (exact) mass is 460 g/mol. The van der Waals surface area contributed by atoms with Gasteiger partial charge in [0.25, 0.3) is 0 Å². The molecule has 168 valence electrons. The van der Waals surface area contributed by atoms with E-state index in [0.717, 1.165) is 0 Å². The summed E-state index contributed by atoms with van der Waals surface area (Å²) in [5.74, 6) is -0.0278. The molecular weight excluding hydrogens is 436 g/mol. The first-order chi connectivity index (χ1) is 15.7. The highest BCUT2D eigenvalue weighted by atomic mass is 32.2. The van der Waals surface area contributed by atoms with Crippen molar-refractivity contribution < 1.29 is 13.2 Å². The van der Waals surface area contributed by atoms with Gasteiger partial charge in [-0.2, -0.15) is 0 Å². The van der Waals surface area contributed by atoms with Crippen molar-refractivity contribution in [2.45, 2.75) is 9.79 Å². The minimum atomic E-state index is -3.48. The molecule has 33 heavy (non-hydrogen) atoms. The van der Waals surface area contributed by atoms with Crippen molar-refractivity contribution in [1.82, 2.24) is 0 Å². The molecule has 8 N–H and O–H groups in total. The van der Waals surface area contributed by atoms with Gasteiger partial charge in [0.2, 0.25) is 9.84 Å². The topological polar surface area (TPSA) is 155 Å². The Hall–Kier alpha value is -4.30. The van der Waals surface area contributed by atoms with Crippen LogP contribution in [0.15, 0.2) is 107 Å². The summed E-state index contributed by atoms with van der Waals surface area (Å²) >= 11 is 0. The number of rotatable bonds is 4. The number of nitrogen functional groups attached to an aromatic ring is 4. The van der Waals surface area contributed by atoms with Crippen LogP contribution in [-0.4, -0.2) is 14.2 Å². The van der Waals surface area contributed by atoms with Gasteiger partial charge >= 0.3 is 0 Å². The molecule has 0 aliphatic heterocycles. The fourth-order valence-corrected chi connectivity index (χ4v) is 4.13. The summed E-state index contributed by atoms with van der Waals surface area (Å²) in [7, 11) is -3.48. The number of hydrogen-bond donors (Lipinski definition) is 4. The van der Waals surface area contributed by atoms with Gasteiger partial charge in [0, 0.05) is 33.9 Å². The van der Waals surface area contributed by atoms with E-state index >= 15 is 0 Å². The van der Waals surface area contributed by atoms with Crippen molar-refractivity contribution in [1.29, 1.82) is 0 Å². The lowest BCUT2D eigenvalue weighted by molar-refractivity contribution is 0.103. The number of carbonyl (C=O) groups is 1. The molecule has 0 fully saturated rings. The fraction of sp³-hybridized carbons (Fsp3) is 0. The van der Waals surface area contributed by atoms with E-state index in [-0.39, 0.29) is 15.6 Å². The summed E-state index contributed by atoms with van der Waals surface area (Å²) in [4.78, 5) is 12.4. The average Bonchev–Trinajstić information content (AvgIpc) is 2.81. The van der Waals surface area contributed by atoms with Crippen molar-refractivity contribution >= 4 is 38.4 Å². The van der Waals surface area contributed by atoms with Gasteiger partial charge in [0.15, 0.2) is 5.78 Å². The van der Waals surface area contributed by atoms with Crippen LogP contribution in [0.25, 0.3) is 0 Å². The fourth-order valence-electron chi connectivity index (χ4n) is 2.87. The Bertz CT molecular complexity index is 1230. The highest BCUT2D eigenvalue weighted by molar-refractivity contribution is 7.91. The molecule has 0 amide bonds. The van der Waals surface area contributed by atoms with Gasteiger partial charge in [-0.1, -0.05) is 0 Å². The van der Waals surface area contributed by atoms with E-state index in [0.29, 0.717) is 33.9 Å². The molecular formula is C25H24N4O3S. The number of carbonyl (C=O) groups excluding carboxylic acids is 1. The first-order valence-corrected chi connectivity index (χ1v) is 11.4. The minimum absolute atomic E-state index is 0.0278. The molecule has 0 spiro atoms. The highest BCUT2D eigenvalue weighted by Gasteiger charge is 2.16. The van der Waals surface area contributed by atoms with E-state index in [2.05, 4.69) is 0 Å². The first kappa shape index (κ1) is 23.4. The predicted molar refractivity (Wildman–Crippen MR) is 132 cm³/mol. The zero-order chi connectivity index (χ0) is 24.0. The molecule has 0 aromatic heterocycles. The summed E-state index contributed by atoms with van der Waals surface area (Å²) < 4.78 is 24.3. The van der Waals surface area contributed by atoms with Crippen molar-refractivity contribution in [3.05, 3.63) is 108 Å². The highest BCUT2D eigenvalue weighted by Crippen LogP contribution is 2.22. The average molecular weight is 461 g/mol. The Morgan fingerprint density at radius 3 is 0.970 bits per heavy atom. The Labute approximate surface area is 192 Å². The van der Waals surface area contributed by atoms with Crippen LogP contribution in [0, 0.1) is 0 Å². The molecule has 8 heteroatoms. The summed E-state index contributed by atoms with van der Waals surface area (Å²) in [6.45, 7) is 0. The summed E-state index contributed by atoms with van der Waals surface area (Å²) in [6.07, 6.45) is 0. The van der Waals surface area contributed by atoms with E-state index in [9.17, 15) is 13.2 Å². The van der Waals surface area contributed by atoms with Gasteiger partial charge in [-0.3, -0.25) is 4.79 Å². The van der Waals surface area contributed by atoms with Crippen LogP contribution in [0.5, 0.6) is 0 Å². The van der Waals surface area contributed by atoms with E-state index in [1.165, 1.54) is 24.3 Å². The maximum atomic E-state index is 12.2. The van der Waals surface area contributed by atoms with Crippen molar-refractivity contribution in [3.8, 4) is 0 Å². The van der Waals surface area contributed by atoms with Crippen molar-refractivity contribution in [2.75, 3.05) is 22.9 Å². The number of ketones is 1. The number of anilines is 4. The van der Waals surface area contributed by atoms with Gasteiger partial charge in [-0.05, 0) is 97.1 Å². The van der Waals surface area contributed by atoms with Crippen LogP contribution >= 0.6 is 0 Å². The van der Waals surface area contributed by atoms with E-state index < -0.39 is 9.84 Å². The third-order valence-corrected chi connectivity index (χ3v) is 6.51. The smallest absolute Gasteiger partial charge is 0.206 e. The van der Waals surface area contributed by atoms with Crippen LogP contribution in [0.1, 0.15) is 15.9 Å². The van der Waals surface area contributed by atoms with Crippen molar-refractivity contribution in [3.63, 3.8) is 0 Å². The summed E-state index contributed by atoms with van der Waals surface area (Å²) in [5.41, 5.74) is 25.7. The van der Waals surface area contributed by atoms with Gasteiger partial charge < -0.3 is 22.9 Å². The Morgan fingerprint density at radius 1 is 0.455 bits per heavy atom. The molecule has 0 aliphatic carbocycles. The summed E-state index contributed by atoms with van der Waals surface area (Å²) in [5, 5.41) is 0. The van der Waals surface area contributed by atoms with Crippen LogP contribution in [-0.2, 0) is 9.84 Å². The Morgan fingerprint density at radius 2 is 0.697 bits per heavy atom. The summed E-state index contributed by atoms with van der Waals surface area (Å²) in [6, 6.07) is 25.9. The minimum Gasteiger partial charge on any atom is -0.399 e. The molecule has 0 heterocycles. The SMILES string of the molecule is Nc1ccc(C(=O)c2ccc(N)cc2)cc1.Nc1ccc(S(=O)(=O)c2ccc(N)cc2)cc1. The normalized spacial score (nSPS) is 10.7. The number of benzene rings is 4. The van der Waals surface area contributed by atoms with Gasteiger partial charge in [0.05, 0.1) is 9.79 Å². The molecule has 4 aromatic rings. The van der Waals surface area contributed by atoms with Gasteiger partial charge in [-0.15, -0.1) is 0 Å². The van der Waals surface area contributed by atoms with Gasteiger partial charge in [0.1, 0.15) is 0 Å². The molecule has 0 bridgehead atoms. The largest absolute Gasteiger partial charge is 0.399 e. The van der Waals surface area contributed by atoms with E-state index in [4.69, 9.17) is 22.9 Å². The number of hydrogen-bond acceptors (Lipinski definition) is 7. The molecule has 7 nitrogen and oxygen atoms in total. The zero-order valence-corrected chi connectivity index (χ0v) is 18.5. The maximum absolute atomic E-state index is 12.2. The Balaban J connectivity index is 0.000000186. The van der Waals surface area contributed by atoms with Crippen LogP contribution in [0.3, 0.4) is 0 Å². The third kappa shape index (κ3) is 5.90.